The molecule has 0 atom stereocenters. The third-order valence-electron chi connectivity index (χ3n) is 5.08. The Hall–Kier alpha value is -2.86. The molecule has 6 nitrogen and oxygen atoms in total. The number of anilines is 1. The van der Waals surface area contributed by atoms with Crippen molar-refractivity contribution in [3.8, 4) is 5.75 Å². The number of benzene rings is 2. The number of aromatic hydroxyl groups is 1. The van der Waals surface area contributed by atoms with Crippen LogP contribution in [0.15, 0.2) is 24.3 Å². The van der Waals surface area contributed by atoms with E-state index in [0.29, 0.717) is 35.2 Å². The summed E-state index contributed by atoms with van der Waals surface area (Å²) in [4.78, 5) is 35.9. The highest BCUT2D eigenvalue weighted by Crippen LogP contribution is 2.38. The Labute approximate surface area is 173 Å². The Morgan fingerprint density at radius 1 is 1.14 bits per heavy atom. The standard InChI is InChI=1S/C22H22ClNO5/c1-11(2)15-8-12(6-7-18(15)25)22(29)21-14-5-3-4-13(14)17(9-16(21)23)24-19(26)10-20(27)28/h6-9,11,25H,3-5,10H2,1-2H3,(H,24,26)(H,27,28). The number of ketones is 1. The van der Waals surface area contributed by atoms with E-state index < -0.39 is 18.3 Å². The van der Waals surface area contributed by atoms with Gasteiger partial charge in [-0.3, -0.25) is 14.4 Å². The molecule has 3 rings (SSSR count). The molecule has 1 aliphatic rings. The van der Waals surface area contributed by atoms with Crippen molar-refractivity contribution < 1.29 is 24.6 Å². The molecule has 0 saturated carbocycles. The number of hydrogen-bond acceptors (Lipinski definition) is 4. The summed E-state index contributed by atoms with van der Waals surface area (Å²) in [7, 11) is 0. The van der Waals surface area contributed by atoms with E-state index in [-0.39, 0.29) is 22.5 Å². The minimum Gasteiger partial charge on any atom is -0.508 e. The number of fused-ring (bicyclic) bond motifs is 1. The summed E-state index contributed by atoms with van der Waals surface area (Å²) in [5.74, 6) is -1.90. The number of nitrogens with one attached hydrogen (secondary N) is 1. The molecule has 7 heteroatoms. The van der Waals surface area contributed by atoms with Crippen molar-refractivity contribution in [2.45, 2.75) is 45.4 Å². The SMILES string of the molecule is CC(C)c1cc(C(=O)c2c(Cl)cc(NC(=O)CC(=O)O)c3c2CCC3)ccc1O. The van der Waals surface area contributed by atoms with Crippen LogP contribution in [0.3, 0.4) is 0 Å². The molecule has 3 N–H and O–H groups in total. The quantitative estimate of drug-likeness (QED) is 0.482. The van der Waals surface area contributed by atoms with Crippen molar-refractivity contribution in [2.24, 2.45) is 0 Å². The molecule has 152 valence electrons. The van der Waals surface area contributed by atoms with E-state index in [4.69, 9.17) is 16.7 Å². The lowest BCUT2D eigenvalue weighted by Crippen LogP contribution is -2.18. The summed E-state index contributed by atoms with van der Waals surface area (Å²) in [6.45, 7) is 3.87. The maximum Gasteiger partial charge on any atom is 0.312 e. The monoisotopic (exact) mass is 415 g/mol. The Kier molecular flexibility index (Phi) is 5.94. The molecule has 0 radical (unpaired) electrons. The van der Waals surface area contributed by atoms with Gasteiger partial charge in [-0.15, -0.1) is 0 Å². The van der Waals surface area contributed by atoms with Crippen LogP contribution in [0.5, 0.6) is 5.75 Å². The molecule has 0 aliphatic heterocycles. The normalized spacial score (nSPS) is 12.7. The Morgan fingerprint density at radius 3 is 2.48 bits per heavy atom. The van der Waals surface area contributed by atoms with Crippen LogP contribution in [0.25, 0.3) is 0 Å². The van der Waals surface area contributed by atoms with Crippen molar-refractivity contribution in [2.75, 3.05) is 5.32 Å². The number of carboxylic acids is 1. The smallest absolute Gasteiger partial charge is 0.312 e. The van der Waals surface area contributed by atoms with Gasteiger partial charge < -0.3 is 15.5 Å². The maximum absolute atomic E-state index is 13.3. The number of phenolic OH excluding ortho intramolecular Hbond substituents is 1. The molecule has 2 aromatic carbocycles. The van der Waals surface area contributed by atoms with Crippen LogP contribution >= 0.6 is 11.6 Å². The molecule has 0 fully saturated rings. The summed E-state index contributed by atoms with van der Waals surface area (Å²) < 4.78 is 0. The van der Waals surface area contributed by atoms with Gasteiger partial charge in [0.25, 0.3) is 0 Å². The number of carboxylic acid groups (broad SMARTS) is 1. The van der Waals surface area contributed by atoms with Crippen LogP contribution in [0, 0.1) is 0 Å². The number of hydrogen-bond donors (Lipinski definition) is 3. The molecule has 2 aromatic rings. The summed E-state index contributed by atoms with van der Waals surface area (Å²) in [5.41, 5.74) is 3.58. The fraction of sp³-hybridized carbons (Fsp3) is 0.318. The zero-order chi connectivity index (χ0) is 21.3. The van der Waals surface area contributed by atoms with Crippen molar-refractivity contribution >= 4 is 34.9 Å². The van der Waals surface area contributed by atoms with Crippen LogP contribution < -0.4 is 5.32 Å². The van der Waals surface area contributed by atoms with Crippen molar-refractivity contribution in [1.29, 1.82) is 0 Å². The number of aliphatic carboxylic acids is 1. The first-order valence-electron chi connectivity index (χ1n) is 9.42. The highest BCUT2D eigenvalue weighted by Gasteiger charge is 2.27. The summed E-state index contributed by atoms with van der Waals surface area (Å²) in [6.07, 6.45) is 1.49. The number of amides is 1. The zero-order valence-electron chi connectivity index (χ0n) is 16.2. The van der Waals surface area contributed by atoms with Gasteiger partial charge in [0.05, 0.1) is 5.02 Å². The van der Waals surface area contributed by atoms with Crippen LogP contribution in [0.4, 0.5) is 5.69 Å². The molecule has 0 spiro atoms. The third kappa shape index (κ3) is 4.27. The average molecular weight is 416 g/mol. The van der Waals surface area contributed by atoms with Gasteiger partial charge in [0.2, 0.25) is 5.91 Å². The first kappa shape index (κ1) is 20.9. The van der Waals surface area contributed by atoms with E-state index in [1.54, 1.807) is 12.1 Å². The lowest BCUT2D eigenvalue weighted by molar-refractivity contribution is -0.139. The van der Waals surface area contributed by atoms with E-state index >= 15 is 0 Å². The largest absolute Gasteiger partial charge is 0.508 e. The number of halogens is 1. The summed E-state index contributed by atoms with van der Waals surface area (Å²) in [5, 5.41) is 21.6. The molecule has 29 heavy (non-hydrogen) atoms. The fourth-order valence-corrected chi connectivity index (χ4v) is 4.05. The van der Waals surface area contributed by atoms with Gasteiger partial charge in [0, 0.05) is 16.8 Å². The second-order valence-electron chi connectivity index (χ2n) is 7.47. The minimum absolute atomic E-state index is 0.0516. The summed E-state index contributed by atoms with van der Waals surface area (Å²) in [6, 6.07) is 6.28. The molecule has 1 aliphatic carbocycles. The number of rotatable bonds is 6. The molecule has 1 amide bonds. The third-order valence-corrected chi connectivity index (χ3v) is 5.38. The lowest BCUT2D eigenvalue weighted by Gasteiger charge is -2.16. The van der Waals surface area contributed by atoms with E-state index in [1.165, 1.54) is 12.1 Å². The first-order chi connectivity index (χ1) is 13.7. The molecule has 0 aromatic heterocycles. The Bertz CT molecular complexity index is 1010. The van der Waals surface area contributed by atoms with Crippen molar-refractivity contribution in [3.63, 3.8) is 0 Å². The van der Waals surface area contributed by atoms with Gasteiger partial charge >= 0.3 is 5.97 Å². The molecule has 0 bridgehead atoms. The molecule has 0 heterocycles. The van der Waals surface area contributed by atoms with Gasteiger partial charge in [-0.05, 0) is 66.1 Å². The minimum atomic E-state index is -1.22. The number of carbonyl (C=O) groups is 3. The van der Waals surface area contributed by atoms with Crippen molar-refractivity contribution in [3.05, 3.63) is 57.1 Å². The van der Waals surface area contributed by atoms with E-state index in [1.807, 2.05) is 13.8 Å². The first-order valence-corrected chi connectivity index (χ1v) is 9.80. The van der Waals surface area contributed by atoms with E-state index in [2.05, 4.69) is 5.32 Å². The van der Waals surface area contributed by atoms with E-state index in [0.717, 1.165) is 17.5 Å². The molecular weight excluding hydrogens is 394 g/mol. The maximum atomic E-state index is 13.3. The van der Waals surface area contributed by atoms with Crippen LogP contribution in [-0.2, 0) is 22.4 Å². The number of phenols is 1. The molecule has 0 saturated heterocycles. The Morgan fingerprint density at radius 2 is 1.83 bits per heavy atom. The van der Waals surface area contributed by atoms with Gasteiger partial charge in [-0.2, -0.15) is 0 Å². The van der Waals surface area contributed by atoms with E-state index in [9.17, 15) is 19.5 Å². The second kappa shape index (κ2) is 8.25. The van der Waals surface area contributed by atoms with Crippen molar-refractivity contribution in [1.82, 2.24) is 0 Å². The van der Waals surface area contributed by atoms with Gasteiger partial charge in [-0.25, -0.2) is 0 Å². The van der Waals surface area contributed by atoms with Gasteiger partial charge in [0.1, 0.15) is 12.2 Å². The van der Waals surface area contributed by atoms with Crippen LogP contribution in [0.1, 0.15) is 65.2 Å². The summed E-state index contributed by atoms with van der Waals surface area (Å²) >= 11 is 6.44. The average Bonchev–Trinajstić information content (AvgIpc) is 3.10. The lowest BCUT2D eigenvalue weighted by atomic mass is 9.92. The second-order valence-corrected chi connectivity index (χ2v) is 7.87. The van der Waals surface area contributed by atoms with Crippen LogP contribution in [0.2, 0.25) is 5.02 Å². The molecular formula is C22H22ClNO5. The van der Waals surface area contributed by atoms with Gasteiger partial charge in [-0.1, -0.05) is 25.4 Å². The van der Waals surface area contributed by atoms with Crippen LogP contribution in [-0.4, -0.2) is 27.9 Å². The predicted molar refractivity (Wildman–Crippen MR) is 110 cm³/mol. The zero-order valence-corrected chi connectivity index (χ0v) is 17.0. The number of carbonyl (C=O) groups excluding carboxylic acids is 2. The predicted octanol–water partition coefficient (Wildman–Crippen LogP) is 4.30. The highest BCUT2D eigenvalue weighted by atomic mass is 35.5. The Balaban J connectivity index is 2.02. The topological polar surface area (TPSA) is 104 Å². The molecule has 0 unspecified atom stereocenters. The van der Waals surface area contributed by atoms with Gasteiger partial charge in [0.15, 0.2) is 5.78 Å². The highest BCUT2D eigenvalue weighted by molar-refractivity contribution is 6.35. The fourth-order valence-electron chi connectivity index (χ4n) is 3.74.